The van der Waals surface area contributed by atoms with E-state index >= 15 is 0 Å². The summed E-state index contributed by atoms with van der Waals surface area (Å²) in [6.45, 7) is 4.72. The topological polar surface area (TPSA) is 49.8 Å². The van der Waals surface area contributed by atoms with Gasteiger partial charge in [0.1, 0.15) is 5.75 Å². The maximum Gasteiger partial charge on any atom is 0.314 e. The van der Waals surface area contributed by atoms with Crippen molar-refractivity contribution in [1.82, 2.24) is 4.90 Å². The van der Waals surface area contributed by atoms with E-state index in [1.165, 1.54) is 0 Å². The van der Waals surface area contributed by atoms with Gasteiger partial charge in [0, 0.05) is 5.56 Å². The quantitative estimate of drug-likeness (QED) is 0.904. The zero-order valence-electron chi connectivity index (χ0n) is 11.6. The molecule has 0 aliphatic carbocycles. The monoisotopic (exact) mass is 263 g/mol. The van der Waals surface area contributed by atoms with Gasteiger partial charge in [0.25, 0.3) is 0 Å². The summed E-state index contributed by atoms with van der Waals surface area (Å²) in [5, 5.41) is 9.75. The molecule has 1 aromatic carbocycles. The van der Waals surface area contributed by atoms with E-state index in [1.807, 2.05) is 24.3 Å². The molecule has 0 radical (unpaired) electrons. The van der Waals surface area contributed by atoms with Gasteiger partial charge in [-0.1, -0.05) is 25.1 Å². The van der Waals surface area contributed by atoms with Crippen LogP contribution in [0.15, 0.2) is 24.3 Å². The minimum atomic E-state index is -0.807. The molecule has 104 valence electrons. The molecule has 0 amide bonds. The predicted molar refractivity (Wildman–Crippen MR) is 73.7 cm³/mol. The molecule has 2 rings (SSSR count). The number of carboxylic acid groups (broad SMARTS) is 1. The molecule has 1 aliphatic heterocycles. The SMILES string of the molecule is CCN1CCC(C(=O)O)(c2ccccc2OC)CC1. The Kier molecular flexibility index (Phi) is 4.10. The summed E-state index contributed by atoms with van der Waals surface area (Å²) in [6, 6.07) is 7.48. The molecule has 1 heterocycles. The average Bonchev–Trinajstić information content (AvgIpc) is 2.47. The summed E-state index contributed by atoms with van der Waals surface area (Å²) in [7, 11) is 1.59. The van der Waals surface area contributed by atoms with Crippen molar-refractivity contribution in [2.24, 2.45) is 0 Å². The first-order valence-electron chi connectivity index (χ1n) is 6.73. The Morgan fingerprint density at radius 1 is 1.37 bits per heavy atom. The smallest absolute Gasteiger partial charge is 0.314 e. The molecule has 1 aliphatic rings. The number of carbonyl (C=O) groups is 1. The minimum Gasteiger partial charge on any atom is -0.496 e. The van der Waals surface area contributed by atoms with Crippen molar-refractivity contribution in [2.45, 2.75) is 25.2 Å². The Labute approximate surface area is 114 Å². The Morgan fingerprint density at radius 2 is 2.00 bits per heavy atom. The van der Waals surface area contributed by atoms with Gasteiger partial charge in [0.05, 0.1) is 12.5 Å². The largest absolute Gasteiger partial charge is 0.496 e. The fourth-order valence-electron chi connectivity index (χ4n) is 2.89. The van der Waals surface area contributed by atoms with Gasteiger partial charge in [0.2, 0.25) is 0 Å². The van der Waals surface area contributed by atoms with Crippen LogP contribution >= 0.6 is 0 Å². The molecular weight excluding hydrogens is 242 g/mol. The summed E-state index contributed by atoms with van der Waals surface area (Å²) in [4.78, 5) is 14.2. The molecule has 0 unspecified atom stereocenters. The lowest BCUT2D eigenvalue weighted by atomic mass is 9.72. The van der Waals surface area contributed by atoms with E-state index in [0.29, 0.717) is 18.6 Å². The fourth-order valence-corrected chi connectivity index (χ4v) is 2.89. The van der Waals surface area contributed by atoms with Gasteiger partial charge < -0.3 is 14.7 Å². The number of carboxylic acids is 1. The summed E-state index contributed by atoms with van der Waals surface area (Å²) in [5.74, 6) is -0.0670. The summed E-state index contributed by atoms with van der Waals surface area (Å²) < 4.78 is 5.35. The highest BCUT2D eigenvalue weighted by Crippen LogP contribution is 2.40. The zero-order chi connectivity index (χ0) is 13.9. The Morgan fingerprint density at radius 3 is 2.53 bits per heavy atom. The summed E-state index contributed by atoms with van der Waals surface area (Å²) in [5.41, 5.74) is -0.00102. The van der Waals surface area contributed by atoms with Crippen molar-refractivity contribution in [3.8, 4) is 5.75 Å². The Hall–Kier alpha value is -1.55. The van der Waals surface area contributed by atoms with Crippen molar-refractivity contribution in [3.05, 3.63) is 29.8 Å². The number of aliphatic carboxylic acids is 1. The van der Waals surface area contributed by atoms with E-state index in [9.17, 15) is 9.90 Å². The highest BCUT2D eigenvalue weighted by Gasteiger charge is 2.44. The second-order valence-corrected chi connectivity index (χ2v) is 5.02. The van der Waals surface area contributed by atoms with Gasteiger partial charge >= 0.3 is 5.97 Å². The van der Waals surface area contributed by atoms with Crippen LogP contribution in [0, 0.1) is 0 Å². The number of hydrogen-bond acceptors (Lipinski definition) is 3. The van der Waals surface area contributed by atoms with Gasteiger partial charge in [0.15, 0.2) is 0 Å². The molecule has 1 aromatic rings. The van der Waals surface area contributed by atoms with E-state index in [4.69, 9.17) is 4.74 Å². The van der Waals surface area contributed by atoms with Crippen LogP contribution in [0.4, 0.5) is 0 Å². The lowest BCUT2D eigenvalue weighted by Gasteiger charge is -2.39. The molecule has 0 aromatic heterocycles. The number of likely N-dealkylation sites (tertiary alicyclic amines) is 1. The number of piperidine rings is 1. The van der Waals surface area contributed by atoms with Crippen LogP contribution in [-0.2, 0) is 10.2 Å². The normalized spacial score (nSPS) is 19.1. The highest BCUT2D eigenvalue weighted by molar-refractivity contribution is 5.82. The van der Waals surface area contributed by atoms with Gasteiger partial charge in [-0.25, -0.2) is 0 Å². The van der Waals surface area contributed by atoms with Crippen LogP contribution in [-0.4, -0.2) is 42.7 Å². The third-order valence-electron chi connectivity index (χ3n) is 4.19. The number of para-hydroxylation sites is 1. The molecular formula is C15H21NO3. The van der Waals surface area contributed by atoms with Crippen molar-refractivity contribution >= 4 is 5.97 Å². The van der Waals surface area contributed by atoms with Crippen LogP contribution in [0.5, 0.6) is 5.75 Å². The number of hydrogen-bond donors (Lipinski definition) is 1. The maximum absolute atomic E-state index is 11.9. The second-order valence-electron chi connectivity index (χ2n) is 5.02. The first kappa shape index (κ1) is 13.9. The van der Waals surface area contributed by atoms with E-state index in [1.54, 1.807) is 7.11 Å². The highest BCUT2D eigenvalue weighted by atomic mass is 16.5. The van der Waals surface area contributed by atoms with Crippen molar-refractivity contribution in [2.75, 3.05) is 26.7 Å². The maximum atomic E-state index is 11.9. The fraction of sp³-hybridized carbons (Fsp3) is 0.533. The van der Waals surface area contributed by atoms with Crippen molar-refractivity contribution in [1.29, 1.82) is 0 Å². The standard InChI is InChI=1S/C15H21NO3/c1-3-16-10-8-15(9-11-16,14(17)18)12-6-4-5-7-13(12)19-2/h4-7H,3,8-11H2,1-2H3,(H,17,18). The average molecular weight is 263 g/mol. The summed E-state index contributed by atoms with van der Waals surface area (Å²) >= 11 is 0. The first-order valence-corrected chi connectivity index (χ1v) is 6.73. The number of ether oxygens (including phenoxy) is 1. The minimum absolute atomic E-state index is 0.635. The van der Waals surface area contributed by atoms with Gasteiger partial charge in [-0.3, -0.25) is 4.79 Å². The summed E-state index contributed by atoms with van der Waals surface area (Å²) in [6.07, 6.45) is 1.27. The zero-order valence-corrected chi connectivity index (χ0v) is 11.6. The second kappa shape index (κ2) is 5.61. The van der Waals surface area contributed by atoms with Crippen molar-refractivity contribution < 1.29 is 14.6 Å². The third kappa shape index (κ3) is 2.45. The molecule has 1 fully saturated rings. The molecule has 0 spiro atoms. The number of benzene rings is 1. The van der Waals surface area contributed by atoms with Crippen LogP contribution in [0.3, 0.4) is 0 Å². The van der Waals surface area contributed by atoms with Crippen molar-refractivity contribution in [3.63, 3.8) is 0 Å². The van der Waals surface area contributed by atoms with E-state index in [0.717, 1.165) is 25.2 Å². The molecule has 4 heteroatoms. The first-order chi connectivity index (χ1) is 9.14. The van der Waals surface area contributed by atoms with Crippen LogP contribution < -0.4 is 4.74 Å². The number of rotatable bonds is 4. The third-order valence-corrected chi connectivity index (χ3v) is 4.19. The van der Waals surface area contributed by atoms with E-state index in [2.05, 4.69) is 11.8 Å². The van der Waals surface area contributed by atoms with Crippen LogP contribution in [0.2, 0.25) is 0 Å². The lowest BCUT2D eigenvalue weighted by molar-refractivity contribution is -0.146. The molecule has 1 saturated heterocycles. The molecule has 0 bridgehead atoms. The molecule has 4 nitrogen and oxygen atoms in total. The van der Waals surface area contributed by atoms with E-state index in [-0.39, 0.29) is 0 Å². The van der Waals surface area contributed by atoms with Gasteiger partial charge in [-0.2, -0.15) is 0 Å². The van der Waals surface area contributed by atoms with E-state index < -0.39 is 11.4 Å². The molecule has 0 saturated carbocycles. The molecule has 19 heavy (non-hydrogen) atoms. The number of methoxy groups -OCH3 is 1. The lowest BCUT2D eigenvalue weighted by Crippen LogP contribution is -2.47. The van der Waals surface area contributed by atoms with Gasteiger partial charge in [-0.15, -0.1) is 0 Å². The van der Waals surface area contributed by atoms with Crippen LogP contribution in [0.25, 0.3) is 0 Å². The van der Waals surface area contributed by atoms with Crippen LogP contribution in [0.1, 0.15) is 25.3 Å². The number of nitrogens with zero attached hydrogens (tertiary/aromatic N) is 1. The Bertz CT molecular complexity index is 450. The molecule has 0 atom stereocenters. The Balaban J connectivity index is 2.38. The van der Waals surface area contributed by atoms with Gasteiger partial charge in [-0.05, 0) is 38.5 Å². The molecule has 1 N–H and O–H groups in total. The predicted octanol–water partition coefficient (Wildman–Crippen LogP) is 2.13.